The van der Waals surface area contributed by atoms with Gasteiger partial charge in [0.05, 0.1) is 13.2 Å². The van der Waals surface area contributed by atoms with Gasteiger partial charge in [-0.2, -0.15) is 0 Å². The Morgan fingerprint density at radius 3 is 2.30 bits per heavy atom. The molecule has 0 spiro atoms. The van der Waals surface area contributed by atoms with Gasteiger partial charge in [-0.15, -0.1) is 0 Å². The molecule has 0 aromatic heterocycles. The Labute approximate surface area is 158 Å². The normalized spacial score (nSPS) is 10.1. The fraction of sp³-hybridized carbons (Fsp3) is 0.400. The van der Waals surface area contributed by atoms with Crippen LogP contribution in [-0.4, -0.2) is 55.1 Å². The van der Waals surface area contributed by atoms with Crippen molar-refractivity contribution < 1.29 is 29.3 Å². The van der Waals surface area contributed by atoms with Gasteiger partial charge >= 0.3 is 11.9 Å². The van der Waals surface area contributed by atoms with Gasteiger partial charge in [-0.05, 0) is 35.9 Å². The third-order valence-electron chi connectivity index (χ3n) is 3.53. The molecule has 0 amide bonds. The van der Waals surface area contributed by atoms with Crippen LogP contribution in [0.5, 0.6) is 5.75 Å². The number of carboxylic acid groups (broad SMARTS) is 2. The zero-order valence-electron chi connectivity index (χ0n) is 15.5. The molecule has 0 fully saturated rings. The summed E-state index contributed by atoms with van der Waals surface area (Å²) in [5.41, 5.74) is 0. The Hall–Kier alpha value is -2.64. The predicted molar refractivity (Wildman–Crippen MR) is 103 cm³/mol. The Bertz CT molecular complexity index is 692. The minimum absolute atomic E-state index is 0.591. The van der Waals surface area contributed by atoms with E-state index in [-0.39, 0.29) is 0 Å². The molecule has 0 aliphatic carbocycles. The number of fused-ring (bicyclic) bond motifs is 1. The first-order valence-corrected chi connectivity index (χ1v) is 8.91. The summed E-state index contributed by atoms with van der Waals surface area (Å²) in [6.07, 6.45) is 2.46. The van der Waals surface area contributed by atoms with E-state index in [0.29, 0.717) is 13.2 Å². The Balaban J connectivity index is 0.000000527. The van der Waals surface area contributed by atoms with Crippen molar-refractivity contribution in [3.05, 3.63) is 42.5 Å². The monoisotopic (exact) mass is 377 g/mol. The molecule has 0 aliphatic heterocycles. The molecular weight excluding hydrogens is 350 g/mol. The van der Waals surface area contributed by atoms with Crippen LogP contribution in [0.15, 0.2) is 42.5 Å². The van der Waals surface area contributed by atoms with Crippen molar-refractivity contribution >= 4 is 22.7 Å². The van der Waals surface area contributed by atoms with Gasteiger partial charge < -0.3 is 25.0 Å². The second-order valence-electron chi connectivity index (χ2n) is 5.68. The molecule has 7 nitrogen and oxygen atoms in total. The predicted octanol–water partition coefficient (Wildman–Crippen LogP) is 2.78. The van der Waals surface area contributed by atoms with E-state index in [0.717, 1.165) is 25.4 Å². The maximum Gasteiger partial charge on any atom is 0.414 e. The summed E-state index contributed by atoms with van der Waals surface area (Å²) in [5.74, 6) is -2.75. The van der Waals surface area contributed by atoms with Gasteiger partial charge in [0.2, 0.25) is 0 Å². The highest BCUT2D eigenvalue weighted by Gasteiger charge is 2.04. The second-order valence-corrected chi connectivity index (χ2v) is 5.68. The maximum absolute atomic E-state index is 9.10. The van der Waals surface area contributed by atoms with Gasteiger partial charge in [0.15, 0.2) is 0 Å². The summed E-state index contributed by atoms with van der Waals surface area (Å²) in [6, 6.07) is 14.5. The van der Waals surface area contributed by atoms with Crippen LogP contribution in [0.3, 0.4) is 0 Å². The highest BCUT2D eigenvalue weighted by molar-refractivity contribution is 6.27. The standard InChI is InChI=1S/C18H25NO2.C2H2O4/c1-2-3-10-19-11-12-20-13-14-21-18-9-8-16-6-4-5-7-17(16)15-18;3-1(4)2(5)6/h4-9,15,19H,2-3,10-14H2,1H3;(H,3,4)(H,5,6). The van der Waals surface area contributed by atoms with E-state index in [9.17, 15) is 0 Å². The zero-order valence-corrected chi connectivity index (χ0v) is 15.5. The van der Waals surface area contributed by atoms with E-state index in [4.69, 9.17) is 29.3 Å². The van der Waals surface area contributed by atoms with Gasteiger partial charge in [0, 0.05) is 6.54 Å². The van der Waals surface area contributed by atoms with Crippen LogP contribution in [-0.2, 0) is 14.3 Å². The summed E-state index contributed by atoms with van der Waals surface area (Å²) in [5, 5.41) is 20.6. The van der Waals surface area contributed by atoms with Crippen LogP contribution in [0.2, 0.25) is 0 Å². The number of benzene rings is 2. The Kier molecular flexibility index (Phi) is 11.2. The smallest absolute Gasteiger partial charge is 0.414 e. The molecule has 0 atom stereocenters. The third-order valence-corrected chi connectivity index (χ3v) is 3.53. The van der Waals surface area contributed by atoms with E-state index in [1.807, 2.05) is 18.2 Å². The number of hydrogen-bond acceptors (Lipinski definition) is 5. The summed E-state index contributed by atoms with van der Waals surface area (Å²) >= 11 is 0. The van der Waals surface area contributed by atoms with Crippen LogP contribution >= 0.6 is 0 Å². The van der Waals surface area contributed by atoms with E-state index < -0.39 is 11.9 Å². The molecule has 0 saturated carbocycles. The quantitative estimate of drug-likeness (QED) is 0.432. The Morgan fingerprint density at radius 2 is 1.63 bits per heavy atom. The van der Waals surface area contributed by atoms with Crippen molar-refractivity contribution in [2.24, 2.45) is 0 Å². The topological polar surface area (TPSA) is 105 Å². The van der Waals surface area contributed by atoms with Crippen molar-refractivity contribution in [2.75, 3.05) is 32.9 Å². The third kappa shape index (κ3) is 10.2. The molecular formula is C20H27NO6. The van der Waals surface area contributed by atoms with Crippen LogP contribution in [0, 0.1) is 0 Å². The molecule has 2 aromatic carbocycles. The van der Waals surface area contributed by atoms with Crippen LogP contribution in [0.25, 0.3) is 10.8 Å². The number of ether oxygens (including phenoxy) is 2. The van der Waals surface area contributed by atoms with Crippen molar-refractivity contribution in [3.8, 4) is 5.75 Å². The van der Waals surface area contributed by atoms with E-state index in [1.165, 1.54) is 23.6 Å². The largest absolute Gasteiger partial charge is 0.491 e. The minimum atomic E-state index is -1.82. The lowest BCUT2D eigenvalue weighted by atomic mass is 10.1. The molecule has 0 saturated heterocycles. The zero-order chi connectivity index (χ0) is 19.9. The maximum atomic E-state index is 9.10. The summed E-state index contributed by atoms with van der Waals surface area (Å²) in [4.78, 5) is 18.2. The Morgan fingerprint density at radius 1 is 0.926 bits per heavy atom. The summed E-state index contributed by atoms with van der Waals surface area (Å²) < 4.78 is 11.2. The molecule has 0 bridgehead atoms. The number of aliphatic carboxylic acids is 2. The fourth-order valence-corrected chi connectivity index (χ4v) is 2.15. The average molecular weight is 377 g/mol. The molecule has 27 heavy (non-hydrogen) atoms. The molecule has 0 aliphatic rings. The molecule has 148 valence electrons. The van der Waals surface area contributed by atoms with Crippen LogP contribution in [0.1, 0.15) is 19.8 Å². The first-order chi connectivity index (χ1) is 13.0. The molecule has 0 heterocycles. The number of unbranched alkanes of at least 4 members (excludes halogenated alkanes) is 1. The van der Waals surface area contributed by atoms with Crippen molar-refractivity contribution in [1.82, 2.24) is 5.32 Å². The lowest BCUT2D eigenvalue weighted by Gasteiger charge is -2.08. The second kappa shape index (κ2) is 13.5. The highest BCUT2D eigenvalue weighted by Crippen LogP contribution is 2.20. The lowest BCUT2D eigenvalue weighted by Crippen LogP contribution is -2.21. The number of hydrogen-bond donors (Lipinski definition) is 3. The molecule has 7 heteroatoms. The van der Waals surface area contributed by atoms with Crippen LogP contribution < -0.4 is 10.1 Å². The number of rotatable bonds is 10. The molecule has 2 aromatic rings. The number of carboxylic acids is 2. The number of nitrogens with one attached hydrogen (secondary N) is 1. The van der Waals surface area contributed by atoms with Crippen LogP contribution in [0.4, 0.5) is 0 Å². The molecule has 3 N–H and O–H groups in total. The average Bonchev–Trinajstić information content (AvgIpc) is 2.67. The van der Waals surface area contributed by atoms with Gasteiger partial charge in [0.1, 0.15) is 12.4 Å². The lowest BCUT2D eigenvalue weighted by molar-refractivity contribution is -0.159. The van der Waals surface area contributed by atoms with E-state index in [1.54, 1.807) is 0 Å². The SMILES string of the molecule is CCCCNCCOCCOc1ccc2ccccc2c1.O=C(O)C(=O)O. The molecule has 2 rings (SSSR count). The van der Waals surface area contributed by atoms with Crippen molar-refractivity contribution in [3.63, 3.8) is 0 Å². The van der Waals surface area contributed by atoms with Gasteiger partial charge in [-0.3, -0.25) is 0 Å². The van der Waals surface area contributed by atoms with Gasteiger partial charge in [0.25, 0.3) is 0 Å². The summed E-state index contributed by atoms with van der Waals surface area (Å²) in [6.45, 7) is 6.14. The van der Waals surface area contributed by atoms with E-state index >= 15 is 0 Å². The molecule has 0 radical (unpaired) electrons. The van der Waals surface area contributed by atoms with Crippen molar-refractivity contribution in [2.45, 2.75) is 19.8 Å². The minimum Gasteiger partial charge on any atom is -0.491 e. The van der Waals surface area contributed by atoms with Crippen molar-refractivity contribution in [1.29, 1.82) is 0 Å². The van der Waals surface area contributed by atoms with Gasteiger partial charge in [-0.1, -0.05) is 43.7 Å². The molecule has 0 unspecified atom stereocenters. The van der Waals surface area contributed by atoms with E-state index in [2.05, 4.69) is 36.5 Å². The first kappa shape index (κ1) is 22.4. The fourth-order valence-electron chi connectivity index (χ4n) is 2.15. The highest BCUT2D eigenvalue weighted by atomic mass is 16.5. The number of carbonyl (C=O) groups is 2. The first-order valence-electron chi connectivity index (χ1n) is 8.91. The summed E-state index contributed by atoms with van der Waals surface area (Å²) in [7, 11) is 0. The van der Waals surface area contributed by atoms with Gasteiger partial charge in [-0.25, -0.2) is 9.59 Å².